The van der Waals surface area contributed by atoms with Crippen LogP contribution in [0, 0.1) is 10.1 Å². The van der Waals surface area contributed by atoms with Crippen LogP contribution in [0.4, 0.5) is 5.69 Å². The van der Waals surface area contributed by atoms with Crippen molar-refractivity contribution in [2.24, 2.45) is 0 Å². The zero-order chi connectivity index (χ0) is 14.6. The van der Waals surface area contributed by atoms with Gasteiger partial charge >= 0.3 is 0 Å². The Balaban J connectivity index is 1.99. The highest BCUT2D eigenvalue weighted by atomic mass is 16.6. The van der Waals surface area contributed by atoms with Gasteiger partial charge in [-0.15, -0.1) is 0 Å². The molecule has 1 aliphatic heterocycles. The van der Waals surface area contributed by atoms with E-state index in [0.717, 1.165) is 31.4 Å². The fourth-order valence-electron chi connectivity index (χ4n) is 2.59. The van der Waals surface area contributed by atoms with E-state index in [0.29, 0.717) is 6.54 Å². The monoisotopic (exact) mass is 277 g/mol. The number of nitro groups is 1. The molecule has 1 aromatic rings. The van der Waals surface area contributed by atoms with E-state index in [2.05, 4.69) is 10.6 Å². The van der Waals surface area contributed by atoms with Crippen LogP contribution in [-0.4, -0.2) is 22.9 Å². The van der Waals surface area contributed by atoms with Crippen molar-refractivity contribution in [2.75, 3.05) is 6.54 Å². The molecule has 1 aliphatic rings. The number of hydrogen-bond donors (Lipinski definition) is 2. The van der Waals surface area contributed by atoms with Gasteiger partial charge in [0.2, 0.25) is 5.91 Å². The van der Waals surface area contributed by atoms with Crippen LogP contribution in [0.15, 0.2) is 24.3 Å². The van der Waals surface area contributed by atoms with Gasteiger partial charge in [0, 0.05) is 18.7 Å². The molecule has 1 fully saturated rings. The molecule has 2 N–H and O–H groups in total. The van der Waals surface area contributed by atoms with E-state index < -0.39 is 10.5 Å². The molecule has 1 aromatic carbocycles. The Morgan fingerprint density at radius 1 is 1.55 bits per heavy atom. The van der Waals surface area contributed by atoms with Crippen LogP contribution in [0.2, 0.25) is 0 Å². The summed E-state index contributed by atoms with van der Waals surface area (Å²) in [5, 5.41) is 16.8. The zero-order valence-electron chi connectivity index (χ0n) is 11.5. The maximum absolute atomic E-state index is 12.3. The number of carbonyl (C=O) groups is 1. The highest BCUT2D eigenvalue weighted by Gasteiger charge is 2.38. The van der Waals surface area contributed by atoms with Crippen molar-refractivity contribution in [3.63, 3.8) is 0 Å². The molecular weight excluding hydrogens is 258 g/mol. The summed E-state index contributed by atoms with van der Waals surface area (Å²) in [5.74, 6) is -0.0241. The van der Waals surface area contributed by atoms with Gasteiger partial charge in [-0.3, -0.25) is 14.9 Å². The minimum Gasteiger partial charge on any atom is -0.350 e. The number of hydrogen-bond acceptors (Lipinski definition) is 4. The fraction of sp³-hybridized carbons (Fsp3) is 0.500. The van der Waals surface area contributed by atoms with E-state index in [1.807, 2.05) is 6.92 Å². The van der Waals surface area contributed by atoms with Crippen LogP contribution in [-0.2, 0) is 11.3 Å². The van der Waals surface area contributed by atoms with Crippen LogP contribution in [0.3, 0.4) is 0 Å². The first-order chi connectivity index (χ1) is 9.57. The molecule has 1 atom stereocenters. The molecule has 6 nitrogen and oxygen atoms in total. The summed E-state index contributed by atoms with van der Waals surface area (Å²) >= 11 is 0. The molecule has 6 heteroatoms. The molecule has 1 amide bonds. The van der Waals surface area contributed by atoms with Crippen LogP contribution < -0.4 is 10.6 Å². The number of nitrogens with one attached hydrogen (secondary N) is 2. The number of nitro benzene ring substituents is 1. The topological polar surface area (TPSA) is 84.3 Å². The molecule has 2 rings (SSSR count). The summed E-state index contributed by atoms with van der Waals surface area (Å²) in [6.07, 6.45) is 2.58. The molecular formula is C14H19N3O3. The summed E-state index contributed by atoms with van der Waals surface area (Å²) in [6, 6.07) is 6.33. The van der Waals surface area contributed by atoms with Crippen molar-refractivity contribution in [2.45, 2.75) is 38.3 Å². The van der Waals surface area contributed by atoms with E-state index in [1.165, 1.54) is 12.1 Å². The predicted octanol–water partition coefficient (Wildman–Crippen LogP) is 1.74. The van der Waals surface area contributed by atoms with Crippen molar-refractivity contribution < 1.29 is 9.72 Å². The highest BCUT2D eigenvalue weighted by Crippen LogP contribution is 2.23. The first-order valence-electron chi connectivity index (χ1n) is 6.84. The van der Waals surface area contributed by atoms with Crippen LogP contribution in [0.5, 0.6) is 0 Å². The van der Waals surface area contributed by atoms with Crippen LogP contribution >= 0.6 is 0 Å². The number of benzene rings is 1. The maximum atomic E-state index is 12.3. The SMILES string of the molecule is CCC1(C(=O)NCc2cccc([N+](=O)[O-])c2)CCCN1. The van der Waals surface area contributed by atoms with Crippen molar-refractivity contribution >= 4 is 11.6 Å². The zero-order valence-corrected chi connectivity index (χ0v) is 11.5. The molecule has 0 aliphatic carbocycles. The van der Waals surface area contributed by atoms with E-state index in [-0.39, 0.29) is 11.6 Å². The second kappa shape index (κ2) is 6.00. The van der Waals surface area contributed by atoms with Gasteiger partial charge in [0.25, 0.3) is 5.69 Å². The molecule has 0 bridgehead atoms. The lowest BCUT2D eigenvalue weighted by Crippen LogP contribution is -2.52. The Kier molecular flexibility index (Phi) is 4.34. The Bertz CT molecular complexity index is 510. The molecule has 1 heterocycles. The summed E-state index contributed by atoms with van der Waals surface area (Å²) < 4.78 is 0. The summed E-state index contributed by atoms with van der Waals surface area (Å²) in [5.41, 5.74) is 0.304. The second-order valence-electron chi connectivity index (χ2n) is 5.08. The van der Waals surface area contributed by atoms with Crippen molar-refractivity contribution in [3.8, 4) is 0 Å². The lowest BCUT2D eigenvalue weighted by atomic mass is 9.93. The molecule has 108 valence electrons. The molecule has 1 unspecified atom stereocenters. The molecule has 0 spiro atoms. The summed E-state index contributed by atoms with van der Waals surface area (Å²) in [4.78, 5) is 22.6. The van der Waals surface area contributed by atoms with Crippen molar-refractivity contribution in [1.82, 2.24) is 10.6 Å². The third kappa shape index (κ3) is 2.96. The average molecular weight is 277 g/mol. The Hall–Kier alpha value is -1.95. The lowest BCUT2D eigenvalue weighted by Gasteiger charge is -2.26. The molecule has 20 heavy (non-hydrogen) atoms. The van der Waals surface area contributed by atoms with Gasteiger partial charge in [-0.1, -0.05) is 19.1 Å². The Labute approximate surface area is 117 Å². The number of amides is 1. The summed E-state index contributed by atoms with van der Waals surface area (Å²) in [7, 11) is 0. The van der Waals surface area contributed by atoms with Gasteiger partial charge in [-0.2, -0.15) is 0 Å². The van der Waals surface area contributed by atoms with Gasteiger partial charge in [0.15, 0.2) is 0 Å². The number of nitrogens with zero attached hydrogens (tertiary/aromatic N) is 1. The van der Waals surface area contributed by atoms with Gasteiger partial charge in [-0.25, -0.2) is 0 Å². The van der Waals surface area contributed by atoms with Crippen LogP contribution in [0.1, 0.15) is 31.7 Å². The van der Waals surface area contributed by atoms with E-state index >= 15 is 0 Å². The fourth-order valence-corrected chi connectivity index (χ4v) is 2.59. The molecule has 1 saturated heterocycles. The minimum absolute atomic E-state index is 0.0241. The lowest BCUT2D eigenvalue weighted by molar-refractivity contribution is -0.384. The van der Waals surface area contributed by atoms with Gasteiger partial charge in [-0.05, 0) is 31.4 Å². The standard InChI is InChI=1S/C14H19N3O3/c1-2-14(7-4-8-16-14)13(18)15-10-11-5-3-6-12(9-11)17(19)20/h3,5-6,9,16H,2,4,7-8,10H2,1H3,(H,15,18). The number of carbonyl (C=O) groups excluding carboxylic acids is 1. The number of rotatable bonds is 5. The Morgan fingerprint density at radius 3 is 2.95 bits per heavy atom. The third-order valence-electron chi connectivity index (χ3n) is 3.86. The van der Waals surface area contributed by atoms with Crippen molar-refractivity contribution in [3.05, 3.63) is 39.9 Å². The normalized spacial score (nSPS) is 21.6. The largest absolute Gasteiger partial charge is 0.350 e. The second-order valence-corrected chi connectivity index (χ2v) is 5.08. The maximum Gasteiger partial charge on any atom is 0.269 e. The predicted molar refractivity (Wildman–Crippen MR) is 75.2 cm³/mol. The van der Waals surface area contributed by atoms with Crippen molar-refractivity contribution in [1.29, 1.82) is 0 Å². The minimum atomic E-state index is -0.472. The first-order valence-corrected chi connectivity index (χ1v) is 6.84. The van der Waals surface area contributed by atoms with E-state index in [4.69, 9.17) is 0 Å². The number of non-ortho nitro benzene ring substituents is 1. The molecule has 0 saturated carbocycles. The summed E-state index contributed by atoms with van der Waals surface area (Å²) in [6.45, 7) is 3.16. The molecule has 0 radical (unpaired) electrons. The van der Waals surface area contributed by atoms with Crippen LogP contribution in [0.25, 0.3) is 0 Å². The van der Waals surface area contributed by atoms with Gasteiger partial charge in [0.1, 0.15) is 0 Å². The van der Waals surface area contributed by atoms with E-state index in [1.54, 1.807) is 12.1 Å². The molecule has 0 aromatic heterocycles. The Morgan fingerprint density at radius 2 is 2.35 bits per heavy atom. The first kappa shape index (κ1) is 14.5. The smallest absolute Gasteiger partial charge is 0.269 e. The highest BCUT2D eigenvalue weighted by molar-refractivity contribution is 5.86. The van der Waals surface area contributed by atoms with Gasteiger partial charge < -0.3 is 10.6 Å². The quantitative estimate of drug-likeness (QED) is 0.634. The van der Waals surface area contributed by atoms with E-state index in [9.17, 15) is 14.9 Å². The third-order valence-corrected chi connectivity index (χ3v) is 3.86. The van der Waals surface area contributed by atoms with Gasteiger partial charge in [0.05, 0.1) is 10.5 Å². The average Bonchev–Trinajstić information content (AvgIpc) is 2.95.